The number of aryl methyl sites for hydroxylation is 1. The van der Waals surface area contributed by atoms with E-state index in [0.29, 0.717) is 23.9 Å². The predicted molar refractivity (Wildman–Crippen MR) is 124 cm³/mol. The van der Waals surface area contributed by atoms with Gasteiger partial charge in [0.05, 0.1) is 12.0 Å². The number of hydrogen-bond acceptors (Lipinski definition) is 7. The Hall–Kier alpha value is -4.46. The number of para-hydroxylation sites is 1. The average molecular weight is 443 g/mol. The summed E-state index contributed by atoms with van der Waals surface area (Å²) in [7, 11) is 1.63. The summed E-state index contributed by atoms with van der Waals surface area (Å²) in [4.78, 5) is 14.7. The highest BCUT2D eigenvalue weighted by Gasteiger charge is 2.10. The molecular weight excluding hydrogens is 422 g/mol. The first-order valence-corrected chi connectivity index (χ1v) is 10.2. The topological polar surface area (TPSA) is 101 Å². The maximum Gasteiger partial charge on any atom is 0.269 e. The van der Waals surface area contributed by atoms with Crippen molar-refractivity contribution in [1.29, 1.82) is 0 Å². The van der Waals surface area contributed by atoms with Gasteiger partial charge in [0.1, 0.15) is 18.1 Å². The first-order valence-electron chi connectivity index (χ1n) is 10.2. The normalized spacial score (nSPS) is 11.0. The zero-order chi connectivity index (χ0) is 23.2. The zero-order valence-corrected chi connectivity index (χ0v) is 18.1. The van der Waals surface area contributed by atoms with Crippen molar-refractivity contribution in [2.75, 3.05) is 7.11 Å². The van der Waals surface area contributed by atoms with Crippen LogP contribution in [-0.2, 0) is 6.61 Å². The smallest absolute Gasteiger partial charge is 0.269 e. The van der Waals surface area contributed by atoms with Crippen LogP contribution in [0.4, 0.5) is 5.69 Å². The summed E-state index contributed by atoms with van der Waals surface area (Å²) < 4.78 is 16.7. The third kappa shape index (κ3) is 5.24. The van der Waals surface area contributed by atoms with E-state index in [1.165, 1.54) is 12.1 Å². The molecule has 0 N–H and O–H groups in total. The van der Waals surface area contributed by atoms with Crippen molar-refractivity contribution in [3.05, 3.63) is 99.4 Å². The van der Waals surface area contributed by atoms with E-state index in [9.17, 15) is 10.1 Å². The Labute approximate surface area is 190 Å². The molecule has 0 saturated carbocycles. The van der Waals surface area contributed by atoms with Crippen LogP contribution in [0.2, 0.25) is 0 Å². The molecule has 0 radical (unpaired) electrons. The van der Waals surface area contributed by atoms with Gasteiger partial charge < -0.3 is 14.0 Å². The number of ether oxygens (including phenoxy) is 2. The van der Waals surface area contributed by atoms with E-state index in [1.807, 2.05) is 55.5 Å². The lowest BCUT2D eigenvalue weighted by molar-refractivity contribution is -0.384. The molecule has 0 bridgehead atoms. The monoisotopic (exact) mass is 443 g/mol. The molecule has 166 valence electrons. The molecule has 8 heteroatoms. The standard InChI is InChI=1S/C25H21N3O5/c1-17-5-3-4-6-22(17)32-16-20-15-18(7-13-23(20)31-2)8-14-24-26-25(27-33-24)19-9-11-21(12-10-19)28(29)30/h3-15H,16H2,1-2H3/b14-8-. The SMILES string of the molecule is COc1ccc(/C=C\c2nc(-c3ccc([N+](=O)[O-])cc3)no2)cc1COc1ccccc1C. The third-order valence-corrected chi connectivity index (χ3v) is 4.98. The van der Waals surface area contributed by atoms with Gasteiger partial charge in [0.25, 0.3) is 11.6 Å². The first kappa shape index (κ1) is 21.8. The van der Waals surface area contributed by atoms with Gasteiger partial charge in [0.15, 0.2) is 0 Å². The summed E-state index contributed by atoms with van der Waals surface area (Å²) in [5.74, 6) is 2.23. The van der Waals surface area contributed by atoms with Crippen LogP contribution >= 0.6 is 0 Å². The molecule has 1 aromatic heterocycles. The highest BCUT2D eigenvalue weighted by molar-refractivity contribution is 5.68. The second-order valence-corrected chi connectivity index (χ2v) is 7.22. The average Bonchev–Trinajstić information content (AvgIpc) is 3.31. The van der Waals surface area contributed by atoms with Crippen LogP contribution in [0.15, 0.2) is 71.3 Å². The van der Waals surface area contributed by atoms with Crippen LogP contribution in [0.3, 0.4) is 0 Å². The van der Waals surface area contributed by atoms with Gasteiger partial charge in [-0.1, -0.05) is 29.4 Å². The highest BCUT2D eigenvalue weighted by Crippen LogP contribution is 2.25. The molecule has 0 fully saturated rings. The molecule has 0 aliphatic rings. The van der Waals surface area contributed by atoms with Crippen LogP contribution < -0.4 is 9.47 Å². The Kier molecular flexibility index (Phi) is 6.45. The maximum atomic E-state index is 10.8. The van der Waals surface area contributed by atoms with Crippen molar-refractivity contribution >= 4 is 17.8 Å². The molecule has 4 rings (SSSR count). The maximum absolute atomic E-state index is 10.8. The summed E-state index contributed by atoms with van der Waals surface area (Å²) in [5.41, 5.74) is 3.51. The van der Waals surface area contributed by atoms with E-state index < -0.39 is 4.92 Å². The van der Waals surface area contributed by atoms with Crippen molar-refractivity contribution in [2.45, 2.75) is 13.5 Å². The van der Waals surface area contributed by atoms with Crippen LogP contribution in [-0.4, -0.2) is 22.2 Å². The van der Waals surface area contributed by atoms with Gasteiger partial charge in [-0.25, -0.2) is 0 Å². The fraction of sp³-hybridized carbons (Fsp3) is 0.120. The van der Waals surface area contributed by atoms with Crippen molar-refractivity contribution in [1.82, 2.24) is 10.1 Å². The highest BCUT2D eigenvalue weighted by atomic mass is 16.6. The molecule has 0 spiro atoms. The lowest BCUT2D eigenvalue weighted by Crippen LogP contribution is -2.00. The van der Waals surface area contributed by atoms with Crippen LogP contribution in [0.5, 0.6) is 11.5 Å². The Morgan fingerprint density at radius 2 is 1.82 bits per heavy atom. The molecule has 0 amide bonds. The van der Waals surface area contributed by atoms with Gasteiger partial charge >= 0.3 is 0 Å². The van der Waals surface area contributed by atoms with Gasteiger partial charge in [-0.2, -0.15) is 4.98 Å². The number of benzene rings is 3. The number of nitrogens with zero attached hydrogens (tertiary/aromatic N) is 3. The van der Waals surface area contributed by atoms with E-state index >= 15 is 0 Å². The molecule has 0 aliphatic heterocycles. The Bertz CT molecular complexity index is 1300. The number of hydrogen-bond donors (Lipinski definition) is 0. The van der Waals surface area contributed by atoms with E-state index in [-0.39, 0.29) is 5.69 Å². The summed E-state index contributed by atoms with van der Waals surface area (Å²) in [5, 5.41) is 14.7. The summed E-state index contributed by atoms with van der Waals surface area (Å²) in [6.45, 7) is 2.36. The summed E-state index contributed by atoms with van der Waals surface area (Å²) in [6, 6.07) is 19.6. The molecule has 1 heterocycles. The zero-order valence-electron chi connectivity index (χ0n) is 18.1. The molecule has 8 nitrogen and oxygen atoms in total. The van der Waals surface area contributed by atoms with E-state index in [0.717, 1.165) is 28.2 Å². The van der Waals surface area contributed by atoms with Crippen molar-refractivity contribution in [3.8, 4) is 22.9 Å². The molecule has 3 aromatic carbocycles. The Morgan fingerprint density at radius 3 is 2.55 bits per heavy atom. The minimum absolute atomic E-state index is 0.00378. The molecule has 0 saturated heterocycles. The minimum atomic E-state index is -0.455. The van der Waals surface area contributed by atoms with E-state index in [2.05, 4.69) is 10.1 Å². The summed E-state index contributed by atoms with van der Waals surface area (Å²) in [6.07, 6.45) is 3.56. The molecule has 0 aliphatic carbocycles. The lowest BCUT2D eigenvalue weighted by Gasteiger charge is -2.12. The quantitative estimate of drug-likeness (QED) is 0.254. The number of methoxy groups -OCH3 is 1. The Balaban J connectivity index is 1.48. The molecule has 33 heavy (non-hydrogen) atoms. The molecule has 4 aromatic rings. The van der Waals surface area contributed by atoms with Gasteiger partial charge in [-0.15, -0.1) is 0 Å². The molecular formula is C25H21N3O5. The van der Waals surface area contributed by atoms with E-state index in [1.54, 1.807) is 25.3 Å². The molecule has 0 unspecified atom stereocenters. The van der Waals surface area contributed by atoms with Crippen LogP contribution in [0.1, 0.15) is 22.6 Å². The van der Waals surface area contributed by atoms with Gasteiger partial charge in [0.2, 0.25) is 5.82 Å². The second-order valence-electron chi connectivity index (χ2n) is 7.22. The lowest BCUT2D eigenvalue weighted by atomic mass is 10.1. The fourth-order valence-electron chi connectivity index (χ4n) is 3.21. The van der Waals surface area contributed by atoms with Crippen LogP contribution in [0.25, 0.3) is 23.5 Å². The first-order chi connectivity index (χ1) is 16.0. The number of aromatic nitrogens is 2. The van der Waals surface area contributed by atoms with Gasteiger partial charge in [0, 0.05) is 29.3 Å². The number of nitro groups is 1. The molecule has 0 atom stereocenters. The largest absolute Gasteiger partial charge is 0.496 e. The van der Waals surface area contributed by atoms with Crippen molar-refractivity contribution in [2.24, 2.45) is 0 Å². The fourth-order valence-corrected chi connectivity index (χ4v) is 3.21. The number of non-ortho nitro benzene ring substituents is 1. The predicted octanol–water partition coefficient (Wildman–Crippen LogP) is 5.71. The van der Waals surface area contributed by atoms with Crippen molar-refractivity contribution in [3.63, 3.8) is 0 Å². The van der Waals surface area contributed by atoms with Gasteiger partial charge in [-0.05, 0) is 54.5 Å². The second kappa shape index (κ2) is 9.78. The number of rotatable bonds is 8. The summed E-state index contributed by atoms with van der Waals surface area (Å²) >= 11 is 0. The number of nitro benzene ring substituents is 1. The third-order valence-electron chi connectivity index (χ3n) is 4.98. The van der Waals surface area contributed by atoms with Crippen LogP contribution in [0, 0.1) is 17.0 Å². The Morgan fingerprint density at radius 1 is 1.03 bits per heavy atom. The van der Waals surface area contributed by atoms with Crippen molar-refractivity contribution < 1.29 is 18.9 Å². The minimum Gasteiger partial charge on any atom is -0.496 e. The van der Waals surface area contributed by atoms with E-state index in [4.69, 9.17) is 14.0 Å². The van der Waals surface area contributed by atoms with Gasteiger partial charge in [-0.3, -0.25) is 10.1 Å².